The molecule has 138 valence electrons. The third kappa shape index (κ3) is 7.11. The van der Waals surface area contributed by atoms with Crippen molar-refractivity contribution < 1.29 is 13.2 Å². The van der Waals surface area contributed by atoms with Crippen LogP contribution in [-0.2, 0) is 0 Å². The second kappa shape index (κ2) is 9.30. The van der Waals surface area contributed by atoms with Crippen molar-refractivity contribution in [2.75, 3.05) is 39.8 Å². The summed E-state index contributed by atoms with van der Waals surface area (Å²) in [5.41, 5.74) is 1.52. The molecule has 2 aliphatic rings. The Hall–Kier alpha value is -1.24. The molecule has 1 aliphatic carbocycles. The molecule has 0 amide bonds. The smallest absolute Gasteiger partial charge is 0.356 e. The van der Waals surface area contributed by atoms with Gasteiger partial charge in [-0.3, -0.25) is 9.89 Å². The van der Waals surface area contributed by atoms with E-state index in [0.29, 0.717) is 19.6 Å². The molecule has 7 heteroatoms. The fourth-order valence-electron chi connectivity index (χ4n) is 3.41. The molecular weight excluding hydrogens is 317 g/mol. The van der Waals surface area contributed by atoms with Gasteiger partial charge in [0.2, 0.25) is 0 Å². The number of aliphatic imine (C=N–C) groups is 1. The molecule has 0 aromatic carbocycles. The fraction of sp³-hybridized carbons (Fsp3) is 0.824. The highest BCUT2D eigenvalue weighted by Gasteiger charge is 2.34. The summed E-state index contributed by atoms with van der Waals surface area (Å²) in [6, 6.07) is 0. The van der Waals surface area contributed by atoms with Crippen molar-refractivity contribution >= 4 is 5.96 Å². The van der Waals surface area contributed by atoms with E-state index in [-0.39, 0.29) is 5.92 Å². The predicted octanol–water partition coefficient (Wildman–Crippen LogP) is 2.93. The molecule has 4 nitrogen and oxygen atoms in total. The molecule has 1 aliphatic heterocycles. The quantitative estimate of drug-likeness (QED) is 0.441. The highest BCUT2D eigenvalue weighted by Crippen LogP contribution is 2.22. The third-order valence-corrected chi connectivity index (χ3v) is 4.68. The van der Waals surface area contributed by atoms with Crippen LogP contribution in [0.4, 0.5) is 13.2 Å². The number of likely N-dealkylation sites (tertiary alicyclic amines) is 1. The number of allylic oxidation sites excluding steroid dienone is 1. The summed E-state index contributed by atoms with van der Waals surface area (Å²) in [6.45, 7) is 1.72. The van der Waals surface area contributed by atoms with Crippen molar-refractivity contribution in [2.24, 2.45) is 10.9 Å². The molecule has 24 heavy (non-hydrogen) atoms. The van der Waals surface area contributed by atoms with Gasteiger partial charge in [-0.1, -0.05) is 11.6 Å². The Morgan fingerprint density at radius 1 is 1.33 bits per heavy atom. The largest absolute Gasteiger partial charge is 0.401 e. The van der Waals surface area contributed by atoms with Crippen LogP contribution in [-0.4, -0.2) is 56.8 Å². The average Bonchev–Trinajstić information content (AvgIpc) is 2.97. The van der Waals surface area contributed by atoms with E-state index < -0.39 is 12.7 Å². The highest BCUT2D eigenvalue weighted by atomic mass is 19.4. The van der Waals surface area contributed by atoms with Crippen molar-refractivity contribution in [3.05, 3.63) is 11.6 Å². The maximum atomic E-state index is 12.4. The van der Waals surface area contributed by atoms with Crippen LogP contribution in [0.5, 0.6) is 0 Å². The Balaban J connectivity index is 1.62. The summed E-state index contributed by atoms with van der Waals surface area (Å²) >= 11 is 0. The first-order valence-electron chi connectivity index (χ1n) is 8.88. The number of guanidine groups is 1. The van der Waals surface area contributed by atoms with Crippen molar-refractivity contribution in [3.63, 3.8) is 0 Å². The van der Waals surface area contributed by atoms with Crippen molar-refractivity contribution in [1.29, 1.82) is 0 Å². The standard InChI is InChI=1S/C17H29F3N4/c1-21-16(22-9-7-14-5-3-2-4-6-14)23-11-15-8-10-24(12-15)13-17(18,19)20/h5,15H,2-4,6-13H2,1H3,(H2,21,22,23). The second-order valence-corrected chi connectivity index (χ2v) is 6.74. The molecule has 1 heterocycles. The molecule has 0 aromatic heterocycles. The Morgan fingerprint density at radius 2 is 2.17 bits per heavy atom. The van der Waals surface area contributed by atoms with Crippen molar-refractivity contribution in [3.8, 4) is 0 Å². The fourth-order valence-corrected chi connectivity index (χ4v) is 3.41. The Morgan fingerprint density at radius 3 is 2.83 bits per heavy atom. The van der Waals surface area contributed by atoms with E-state index in [9.17, 15) is 13.2 Å². The Bertz CT molecular complexity index is 446. The lowest BCUT2D eigenvalue weighted by molar-refractivity contribution is -0.143. The number of rotatable bonds is 6. The number of hydrogen-bond donors (Lipinski definition) is 2. The second-order valence-electron chi connectivity index (χ2n) is 6.74. The highest BCUT2D eigenvalue weighted by molar-refractivity contribution is 5.79. The Kier molecular flexibility index (Phi) is 7.40. The van der Waals surface area contributed by atoms with Gasteiger partial charge in [-0.25, -0.2) is 0 Å². The van der Waals surface area contributed by atoms with Gasteiger partial charge in [-0.2, -0.15) is 13.2 Å². The number of nitrogens with zero attached hydrogens (tertiary/aromatic N) is 2. The molecule has 1 saturated heterocycles. The third-order valence-electron chi connectivity index (χ3n) is 4.68. The molecule has 1 unspecified atom stereocenters. The minimum atomic E-state index is -4.10. The van der Waals surface area contributed by atoms with E-state index in [0.717, 1.165) is 25.3 Å². The lowest BCUT2D eigenvalue weighted by Gasteiger charge is -2.19. The van der Waals surface area contributed by atoms with Crippen molar-refractivity contribution in [1.82, 2.24) is 15.5 Å². The summed E-state index contributed by atoms with van der Waals surface area (Å²) in [5, 5.41) is 6.54. The minimum Gasteiger partial charge on any atom is -0.356 e. The molecule has 0 radical (unpaired) electrons. The summed E-state index contributed by atoms with van der Waals surface area (Å²) in [4.78, 5) is 5.68. The molecule has 1 atom stereocenters. The van der Waals surface area contributed by atoms with Gasteiger partial charge in [-0.05, 0) is 51.0 Å². The molecule has 0 saturated carbocycles. The van der Waals surface area contributed by atoms with E-state index in [1.165, 1.54) is 36.2 Å². The van der Waals surface area contributed by atoms with E-state index in [1.807, 2.05) is 0 Å². The van der Waals surface area contributed by atoms with Crippen LogP contribution < -0.4 is 10.6 Å². The SMILES string of the molecule is CN=C(NCCC1=CCCCC1)NCC1CCN(CC(F)(F)F)C1. The Labute approximate surface area is 142 Å². The molecule has 2 rings (SSSR count). The van der Waals surface area contributed by atoms with Crippen LogP contribution in [0.1, 0.15) is 38.5 Å². The molecule has 2 N–H and O–H groups in total. The number of alkyl halides is 3. The number of hydrogen-bond acceptors (Lipinski definition) is 2. The molecule has 0 aromatic rings. The van der Waals surface area contributed by atoms with Gasteiger partial charge in [-0.15, -0.1) is 0 Å². The molecule has 0 spiro atoms. The molecule has 0 bridgehead atoms. The molecule has 1 fully saturated rings. The monoisotopic (exact) mass is 346 g/mol. The van der Waals surface area contributed by atoms with Gasteiger partial charge >= 0.3 is 6.18 Å². The van der Waals surface area contributed by atoms with Gasteiger partial charge in [0.05, 0.1) is 6.54 Å². The summed E-state index contributed by atoms with van der Waals surface area (Å²) in [7, 11) is 1.72. The average molecular weight is 346 g/mol. The zero-order valence-electron chi connectivity index (χ0n) is 14.5. The predicted molar refractivity (Wildman–Crippen MR) is 91.1 cm³/mol. The van der Waals surface area contributed by atoms with E-state index >= 15 is 0 Å². The van der Waals surface area contributed by atoms with E-state index in [4.69, 9.17) is 0 Å². The maximum absolute atomic E-state index is 12.4. The number of nitrogens with one attached hydrogen (secondary N) is 2. The van der Waals surface area contributed by atoms with E-state index in [2.05, 4.69) is 21.7 Å². The topological polar surface area (TPSA) is 39.7 Å². The van der Waals surface area contributed by atoms with Crippen LogP contribution in [0, 0.1) is 5.92 Å². The van der Waals surface area contributed by atoms with Gasteiger partial charge in [0, 0.05) is 26.7 Å². The normalized spacial score (nSPS) is 23.2. The first kappa shape index (κ1) is 19.1. The number of halogens is 3. The van der Waals surface area contributed by atoms with Gasteiger partial charge in [0.15, 0.2) is 5.96 Å². The van der Waals surface area contributed by atoms with Crippen LogP contribution in [0.3, 0.4) is 0 Å². The van der Waals surface area contributed by atoms with Crippen molar-refractivity contribution in [2.45, 2.75) is 44.7 Å². The minimum absolute atomic E-state index is 0.243. The van der Waals surface area contributed by atoms with Gasteiger partial charge in [0.25, 0.3) is 0 Å². The van der Waals surface area contributed by atoms with Crippen LogP contribution in [0.15, 0.2) is 16.6 Å². The zero-order chi connectivity index (χ0) is 17.4. The van der Waals surface area contributed by atoms with E-state index in [1.54, 1.807) is 7.05 Å². The summed E-state index contributed by atoms with van der Waals surface area (Å²) in [6.07, 6.45) is 5.05. The zero-order valence-corrected chi connectivity index (χ0v) is 14.5. The lowest BCUT2D eigenvalue weighted by atomic mass is 9.97. The summed E-state index contributed by atoms with van der Waals surface area (Å²) in [5.74, 6) is 0.979. The van der Waals surface area contributed by atoms with Crippen LogP contribution in [0.2, 0.25) is 0 Å². The lowest BCUT2D eigenvalue weighted by Crippen LogP contribution is -2.41. The first-order chi connectivity index (χ1) is 11.5. The summed E-state index contributed by atoms with van der Waals surface area (Å²) < 4.78 is 37.2. The van der Waals surface area contributed by atoms with Crippen LogP contribution >= 0.6 is 0 Å². The molecular formula is C17H29F3N4. The van der Waals surface area contributed by atoms with Crippen LogP contribution in [0.25, 0.3) is 0 Å². The first-order valence-corrected chi connectivity index (χ1v) is 8.88. The van der Waals surface area contributed by atoms with Gasteiger partial charge in [0.1, 0.15) is 0 Å². The van der Waals surface area contributed by atoms with Gasteiger partial charge < -0.3 is 10.6 Å². The maximum Gasteiger partial charge on any atom is 0.401 e.